The largest absolute Gasteiger partial charge is 0.463 e. The van der Waals surface area contributed by atoms with E-state index in [0.29, 0.717) is 17.7 Å². The summed E-state index contributed by atoms with van der Waals surface area (Å²) in [5.74, 6) is -0.397. The lowest BCUT2D eigenvalue weighted by molar-refractivity contribution is -0.138. The molecule has 0 fully saturated rings. The average molecular weight is 382 g/mol. The molecule has 0 radical (unpaired) electrons. The van der Waals surface area contributed by atoms with E-state index in [-0.39, 0.29) is 17.2 Å². The van der Waals surface area contributed by atoms with Crippen molar-refractivity contribution in [1.29, 1.82) is 0 Å². The maximum Gasteiger partial charge on any atom is 0.334 e. The van der Waals surface area contributed by atoms with Gasteiger partial charge in [-0.15, -0.1) is 0 Å². The maximum atomic E-state index is 12.7. The lowest BCUT2D eigenvalue weighted by atomic mass is 10.0. The monoisotopic (exact) mass is 382 g/mol. The third-order valence-electron chi connectivity index (χ3n) is 4.30. The van der Waals surface area contributed by atoms with Gasteiger partial charge in [0, 0.05) is 12.0 Å². The summed E-state index contributed by atoms with van der Waals surface area (Å²) in [4.78, 5) is 15.3. The van der Waals surface area contributed by atoms with E-state index in [1.165, 1.54) is 18.2 Å². The Morgan fingerprint density at radius 1 is 1.30 bits per heavy atom. The second-order valence-corrected chi connectivity index (χ2v) is 7.79. The number of aryl methyl sites for hydroxylation is 1. The van der Waals surface area contributed by atoms with Crippen molar-refractivity contribution < 1.29 is 17.9 Å². The fraction of sp³-hybridized carbons (Fsp3) is 0.200. The highest BCUT2D eigenvalue weighted by molar-refractivity contribution is 7.92. The number of nitrogens with zero attached hydrogens (tertiary/aromatic N) is 1. The third-order valence-corrected chi connectivity index (χ3v) is 5.66. The van der Waals surface area contributed by atoms with Gasteiger partial charge in [-0.25, -0.2) is 18.1 Å². The van der Waals surface area contributed by atoms with Crippen LogP contribution in [-0.4, -0.2) is 21.0 Å². The van der Waals surface area contributed by atoms with Gasteiger partial charge in [-0.1, -0.05) is 18.2 Å². The molecular formula is C20H18N2O4S. The summed E-state index contributed by atoms with van der Waals surface area (Å²) < 4.78 is 33.1. The molecule has 1 N–H and O–H groups in total. The van der Waals surface area contributed by atoms with E-state index in [9.17, 15) is 13.2 Å². The molecule has 0 unspecified atom stereocenters. The van der Waals surface area contributed by atoms with Gasteiger partial charge in [-0.05, 0) is 54.8 Å². The van der Waals surface area contributed by atoms with Gasteiger partial charge in [0.15, 0.2) is 5.69 Å². The molecule has 2 aromatic rings. The molecule has 0 saturated heterocycles. The fourth-order valence-electron chi connectivity index (χ4n) is 2.96. The number of fused-ring (bicyclic) bond motifs is 1. The van der Waals surface area contributed by atoms with Gasteiger partial charge in [-0.2, -0.15) is 0 Å². The number of benzene rings is 2. The summed E-state index contributed by atoms with van der Waals surface area (Å²) in [5, 5.41) is 0. The molecular weight excluding hydrogens is 364 g/mol. The van der Waals surface area contributed by atoms with E-state index in [1.807, 2.05) is 6.92 Å². The molecule has 0 atom stereocenters. The minimum absolute atomic E-state index is 0.0156. The molecule has 0 spiro atoms. The van der Waals surface area contributed by atoms with Crippen molar-refractivity contribution in [2.75, 3.05) is 11.3 Å². The second-order valence-electron chi connectivity index (χ2n) is 6.10. The van der Waals surface area contributed by atoms with Crippen molar-refractivity contribution >= 4 is 33.4 Å². The molecule has 0 amide bonds. The molecule has 0 aliphatic heterocycles. The first-order valence-corrected chi connectivity index (χ1v) is 9.84. The Morgan fingerprint density at radius 3 is 2.78 bits per heavy atom. The van der Waals surface area contributed by atoms with E-state index in [2.05, 4.69) is 9.57 Å². The van der Waals surface area contributed by atoms with Crippen LogP contribution in [0.15, 0.2) is 46.9 Å². The minimum atomic E-state index is -3.86. The average Bonchev–Trinajstić information content (AvgIpc) is 3.11. The van der Waals surface area contributed by atoms with Gasteiger partial charge in [0.05, 0.1) is 23.8 Å². The van der Waals surface area contributed by atoms with Gasteiger partial charge >= 0.3 is 5.97 Å². The summed E-state index contributed by atoms with van der Waals surface area (Å²) in [6, 6.07) is 9.33. The summed E-state index contributed by atoms with van der Waals surface area (Å²) in [5.41, 5.74) is 3.67. The van der Waals surface area contributed by atoms with Crippen molar-refractivity contribution in [2.45, 2.75) is 25.2 Å². The van der Waals surface area contributed by atoms with Gasteiger partial charge in [0.25, 0.3) is 10.0 Å². The van der Waals surface area contributed by atoms with E-state index in [1.54, 1.807) is 31.2 Å². The first-order chi connectivity index (χ1) is 12.9. The maximum absolute atomic E-state index is 12.7. The lowest BCUT2D eigenvalue weighted by Crippen LogP contribution is -2.15. The normalized spacial score (nSPS) is 12.7. The second kappa shape index (κ2) is 7.25. The summed E-state index contributed by atoms with van der Waals surface area (Å²) >= 11 is 0. The van der Waals surface area contributed by atoms with Crippen LogP contribution < -0.4 is 4.72 Å². The first-order valence-electron chi connectivity index (χ1n) is 8.36. The molecule has 0 aromatic heterocycles. The van der Waals surface area contributed by atoms with Crippen LogP contribution in [0.3, 0.4) is 0 Å². The smallest absolute Gasteiger partial charge is 0.334 e. The summed E-state index contributed by atoms with van der Waals surface area (Å²) in [6.45, 7) is 11.0. The molecule has 0 bridgehead atoms. The molecule has 7 heteroatoms. The highest BCUT2D eigenvalue weighted by Gasteiger charge is 2.25. The van der Waals surface area contributed by atoms with Gasteiger partial charge in [-0.3, -0.25) is 4.72 Å². The van der Waals surface area contributed by atoms with Crippen LogP contribution >= 0.6 is 0 Å². The number of anilines is 1. The third kappa shape index (κ3) is 3.71. The lowest BCUT2D eigenvalue weighted by Gasteiger charge is -2.14. The molecule has 3 rings (SSSR count). The number of carbonyl (C=O) groups excluding carboxylic acids is 1. The Balaban J connectivity index is 1.95. The summed E-state index contributed by atoms with van der Waals surface area (Å²) in [6.07, 6.45) is 2.05. The number of esters is 1. The van der Waals surface area contributed by atoms with Crippen LogP contribution in [0.25, 0.3) is 10.9 Å². The Labute approximate surface area is 158 Å². The van der Waals surface area contributed by atoms with Crippen molar-refractivity contribution in [3.8, 4) is 0 Å². The first kappa shape index (κ1) is 18.7. The Bertz CT molecular complexity index is 1100. The van der Waals surface area contributed by atoms with Gasteiger partial charge in [0.1, 0.15) is 0 Å². The van der Waals surface area contributed by atoms with Crippen molar-refractivity contribution in [3.05, 3.63) is 70.1 Å². The highest BCUT2D eigenvalue weighted by Crippen LogP contribution is 2.35. The zero-order valence-electron chi connectivity index (χ0n) is 14.9. The van der Waals surface area contributed by atoms with Gasteiger partial charge in [0.2, 0.25) is 0 Å². The summed E-state index contributed by atoms with van der Waals surface area (Å²) in [7, 11) is -3.86. The topological polar surface area (TPSA) is 76.8 Å². The number of hydrogen-bond donors (Lipinski definition) is 1. The van der Waals surface area contributed by atoms with Crippen LogP contribution in [0, 0.1) is 13.5 Å². The van der Waals surface area contributed by atoms with Crippen LogP contribution in [0.5, 0.6) is 0 Å². The van der Waals surface area contributed by atoms with E-state index < -0.39 is 16.0 Å². The number of hydrogen-bond acceptors (Lipinski definition) is 4. The van der Waals surface area contributed by atoms with Crippen molar-refractivity contribution in [3.63, 3.8) is 0 Å². The molecule has 2 aromatic carbocycles. The van der Waals surface area contributed by atoms with E-state index in [4.69, 9.17) is 11.3 Å². The molecule has 0 heterocycles. The predicted molar refractivity (Wildman–Crippen MR) is 103 cm³/mol. The molecule has 27 heavy (non-hydrogen) atoms. The highest BCUT2D eigenvalue weighted by atomic mass is 32.2. The fourth-order valence-corrected chi connectivity index (χ4v) is 4.10. The number of nitrogens with one attached hydrogen (secondary N) is 1. The van der Waals surface area contributed by atoms with Crippen molar-refractivity contribution in [2.24, 2.45) is 0 Å². The zero-order chi connectivity index (χ0) is 19.6. The van der Waals surface area contributed by atoms with Crippen LogP contribution in [0.1, 0.15) is 23.6 Å². The Morgan fingerprint density at radius 2 is 2.07 bits per heavy atom. The standard InChI is InChI=1S/C20H18N2O4S/c1-4-26-20(23)14-10-17-13(2)8-9-19(18(17)11-14)22-27(24,25)16-7-5-6-15(12-16)21-3/h5-10,12,22H,4,11H2,1-2H3. The minimum Gasteiger partial charge on any atom is -0.463 e. The van der Waals surface area contributed by atoms with Crippen LogP contribution in [-0.2, 0) is 26.0 Å². The number of carbonyl (C=O) groups is 1. The molecule has 1 aliphatic rings. The number of sulfonamides is 1. The molecule has 138 valence electrons. The SMILES string of the molecule is [C-]#[N+]c1cccc(S(=O)(=O)Nc2ccc(C)c3c2CC(C(=O)OCC)=C3)c1. The van der Waals surface area contributed by atoms with Gasteiger partial charge < -0.3 is 4.74 Å². The molecule has 6 nitrogen and oxygen atoms in total. The number of rotatable bonds is 5. The van der Waals surface area contributed by atoms with Crippen molar-refractivity contribution in [1.82, 2.24) is 0 Å². The zero-order valence-corrected chi connectivity index (χ0v) is 15.8. The van der Waals surface area contributed by atoms with Crippen LogP contribution in [0.4, 0.5) is 11.4 Å². The number of ether oxygens (including phenoxy) is 1. The molecule has 0 saturated carbocycles. The van der Waals surface area contributed by atoms with Crippen LogP contribution in [0.2, 0.25) is 0 Å². The van der Waals surface area contributed by atoms with E-state index in [0.717, 1.165) is 16.7 Å². The Hall–Kier alpha value is -3.11. The Kier molecular flexibility index (Phi) is 5.02. The quantitative estimate of drug-likeness (QED) is 0.629. The molecule has 1 aliphatic carbocycles. The van der Waals surface area contributed by atoms with E-state index >= 15 is 0 Å². The predicted octanol–water partition coefficient (Wildman–Crippen LogP) is 3.85.